The molecule has 0 saturated carbocycles. The number of rotatable bonds is 5. The van der Waals surface area contributed by atoms with E-state index in [2.05, 4.69) is 34.2 Å². The summed E-state index contributed by atoms with van der Waals surface area (Å²) < 4.78 is 0. The molecular weight excluding hydrogens is 198 g/mol. The van der Waals surface area contributed by atoms with Gasteiger partial charge in [0, 0.05) is 24.7 Å². The van der Waals surface area contributed by atoms with Crippen molar-refractivity contribution in [3.05, 3.63) is 53.6 Å². The van der Waals surface area contributed by atoms with Crippen LogP contribution in [0.4, 0.5) is 0 Å². The van der Waals surface area contributed by atoms with Crippen LogP contribution in [0.5, 0.6) is 0 Å². The maximum atomic E-state index is 5.49. The van der Waals surface area contributed by atoms with Crippen LogP contribution in [0.25, 0.3) is 0 Å². The molecule has 0 radical (unpaired) electrons. The average Bonchev–Trinajstić information content (AvgIpc) is 2.76. The molecule has 0 fully saturated rings. The predicted octanol–water partition coefficient (Wildman–Crippen LogP) is 1.70. The standard InChI is InChI=1S/C13H17N3/c14-9-8-12-10-15-13(16-12)7-6-11-4-2-1-3-5-11/h1-5,10H,6-9,14H2,(H,15,16). The van der Waals surface area contributed by atoms with E-state index in [0.717, 1.165) is 30.8 Å². The topological polar surface area (TPSA) is 54.7 Å². The number of aryl methyl sites for hydroxylation is 2. The normalized spacial score (nSPS) is 10.6. The zero-order chi connectivity index (χ0) is 11.2. The maximum absolute atomic E-state index is 5.49. The fourth-order valence-electron chi connectivity index (χ4n) is 1.72. The largest absolute Gasteiger partial charge is 0.346 e. The second kappa shape index (κ2) is 5.47. The molecule has 0 atom stereocenters. The third-order valence-electron chi connectivity index (χ3n) is 2.59. The van der Waals surface area contributed by atoms with Crippen molar-refractivity contribution in [1.82, 2.24) is 9.97 Å². The molecule has 3 nitrogen and oxygen atoms in total. The van der Waals surface area contributed by atoms with Gasteiger partial charge in [-0.15, -0.1) is 0 Å². The Balaban J connectivity index is 1.89. The summed E-state index contributed by atoms with van der Waals surface area (Å²) in [6, 6.07) is 10.5. The zero-order valence-electron chi connectivity index (χ0n) is 9.32. The molecule has 0 aliphatic heterocycles. The number of benzene rings is 1. The summed E-state index contributed by atoms with van der Waals surface area (Å²) in [5, 5.41) is 0. The van der Waals surface area contributed by atoms with E-state index in [1.54, 1.807) is 0 Å². The van der Waals surface area contributed by atoms with Crippen LogP contribution in [-0.2, 0) is 19.3 Å². The van der Waals surface area contributed by atoms with Crippen molar-refractivity contribution in [2.45, 2.75) is 19.3 Å². The lowest BCUT2D eigenvalue weighted by atomic mass is 10.1. The van der Waals surface area contributed by atoms with Crippen molar-refractivity contribution >= 4 is 0 Å². The first-order valence-corrected chi connectivity index (χ1v) is 5.65. The van der Waals surface area contributed by atoms with Crippen molar-refractivity contribution in [3.8, 4) is 0 Å². The second-order valence-electron chi connectivity index (χ2n) is 3.88. The van der Waals surface area contributed by atoms with Crippen LogP contribution < -0.4 is 5.73 Å². The molecule has 84 valence electrons. The fourth-order valence-corrected chi connectivity index (χ4v) is 1.72. The van der Waals surface area contributed by atoms with E-state index in [1.165, 1.54) is 5.56 Å². The first-order chi connectivity index (χ1) is 7.88. The van der Waals surface area contributed by atoms with E-state index >= 15 is 0 Å². The molecule has 0 saturated heterocycles. The van der Waals surface area contributed by atoms with E-state index in [9.17, 15) is 0 Å². The number of hydrogen-bond donors (Lipinski definition) is 2. The number of aromatic nitrogens is 2. The molecule has 3 N–H and O–H groups in total. The Hall–Kier alpha value is -1.61. The van der Waals surface area contributed by atoms with E-state index in [1.807, 2.05) is 12.3 Å². The van der Waals surface area contributed by atoms with Gasteiger partial charge in [0.1, 0.15) is 5.82 Å². The molecular formula is C13H17N3. The summed E-state index contributed by atoms with van der Waals surface area (Å²) in [4.78, 5) is 7.63. The first kappa shape index (κ1) is 10.9. The monoisotopic (exact) mass is 215 g/mol. The van der Waals surface area contributed by atoms with Gasteiger partial charge in [-0.2, -0.15) is 0 Å². The predicted molar refractivity (Wildman–Crippen MR) is 65.2 cm³/mol. The third kappa shape index (κ3) is 2.94. The Bertz CT molecular complexity index is 420. The molecule has 0 aliphatic rings. The first-order valence-electron chi connectivity index (χ1n) is 5.65. The van der Waals surface area contributed by atoms with Crippen LogP contribution in [0, 0.1) is 0 Å². The van der Waals surface area contributed by atoms with Crippen LogP contribution in [0.1, 0.15) is 17.1 Å². The van der Waals surface area contributed by atoms with Gasteiger partial charge in [-0.3, -0.25) is 0 Å². The Morgan fingerprint density at radius 2 is 1.88 bits per heavy atom. The number of nitrogens with one attached hydrogen (secondary N) is 1. The molecule has 0 aliphatic carbocycles. The lowest BCUT2D eigenvalue weighted by Crippen LogP contribution is -2.03. The quantitative estimate of drug-likeness (QED) is 0.797. The van der Waals surface area contributed by atoms with Gasteiger partial charge >= 0.3 is 0 Å². The minimum absolute atomic E-state index is 0.667. The lowest BCUT2D eigenvalue weighted by Gasteiger charge is -1.98. The highest BCUT2D eigenvalue weighted by Crippen LogP contribution is 2.05. The maximum Gasteiger partial charge on any atom is 0.106 e. The molecule has 1 heterocycles. The summed E-state index contributed by atoms with van der Waals surface area (Å²) in [5.74, 6) is 1.05. The highest BCUT2D eigenvalue weighted by Gasteiger charge is 2.00. The van der Waals surface area contributed by atoms with Gasteiger partial charge in [-0.05, 0) is 18.5 Å². The summed E-state index contributed by atoms with van der Waals surface area (Å²) in [7, 11) is 0. The Morgan fingerprint density at radius 3 is 2.62 bits per heavy atom. The van der Waals surface area contributed by atoms with Gasteiger partial charge in [0.25, 0.3) is 0 Å². The van der Waals surface area contributed by atoms with Crippen molar-refractivity contribution in [2.75, 3.05) is 6.54 Å². The SMILES string of the molecule is NCCc1cnc(CCc2ccccc2)[nH]1. The third-order valence-corrected chi connectivity index (χ3v) is 2.59. The van der Waals surface area contributed by atoms with Gasteiger partial charge in [0.05, 0.1) is 0 Å². The van der Waals surface area contributed by atoms with Crippen LogP contribution in [0.2, 0.25) is 0 Å². The summed E-state index contributed by atoms with van der Waals surface area (Å²) in [6.45, 7) is 0.667. The van der Waals surface area contributed by atoms with E-state index in [4.69, 9.17) is 5.73 Å². The fraction of sp³-hybridized carbons (Fsp3) is 0.308. The van der Waals surface area contributed by atoms with Crippen LogP contribution in [-0.4, -0.2) is 16.5 Å². The number of imidazole rings is 1. The van der Waals surface area contributed by atoms with E-state index < -0.39 is 0 Å². The lowest BCUT2D eigenvalue weighted by molar-refractivity contribution is 0.865. The highest BCUT2D eigenvalue weighted by molar-refractivity contribution is 5.15. The molecule has 3 heteroatoms. The minimum Gasteiger partial charge on any atom is -0.346 e. The van der Waals surface area contributed by atoms with Crippen LogP contribution in [0.3, 0.4) is 0 Å². The van der Waals surface area contributed by atoms with E-state index in [-0.39, 0.29) is 0 Å². The highest BCUT2D eigenvalue weighted by atomic mass is 14.9. The Kier molecular flexibility index (Phi) is 3.72. The molecule has 0 spiro atoms. The minimum atomic E-state index is 0.667. The van der Waals surface area contributed by atoms with Gasteiger partial charge < -0.3 is 10.7 Å². The van der Waals surface area contributed by atoms with Crippen LogP contribution in [0.15, 0.2) is 36.5 Å². The Labute approximate surface area is 95.7 Å². The Morgan fingerprint density at radius 1 is 1.06 bits per heavy atom. The summed E-state index contributed by atoms with van der Waals surface area (Å²) in [6.07, 6.45) is 4.73. The molecule has 0 amide bonds. The molecule has 1 aromatic carbocycles. The van der Waals surface area contributed by atoms with Crippen molar-refractivity contribution in [1.29, 1.82) is 0 Å². The number of hydrogen-bond acceptors (Lipinski definition) is 2. The average molecular weight is 215 g/mol. The molecule has 16 heavy (non-hydrogen) atoms. The number of aromatic amines is 1. The number of H-pyrrole nitrogens is 1. The molecule has 0 unspecified atom stereocenters. The number of nitrogens with zero attached hydrogens (tertiary/aromatic N) is 1. The van der Waals surface area contributed by atoms with Crippen molar-refractivity contribution < 1.29 is 0 Å². The molecule has 1 aromatic heterocycles. The van der Waals surface area contributed by atoms with Crippen LogP contribution >= 0.6 is 0 Å². The molecule has 2 aromatic rings. The zero-order valence-corrected chi connectivity index (χ0v) is 9.32. The summed E-state index contributed by atoms with van der Waals surface area (Å²) in [5.41, 5.74) is 7.96. The van der Waals surface area contributed by atoms with Crippen molar-refractivity contribution in [2.24, 2.45) is 5.73 Å². The van der Waals surface area contributed by atoms with E-state index in [0.29, 0.717) is 6.54 Å². The summed E-state index contributed by atoms with van der Waals surface area (Å²) >= 11 is 0. The van der Waals surface area contributed by atoms with Gasteiger partial charge in [0.2, 0.25) is 0 Å². The molecule has 2 rings (SSSR count). The van der Waals surface area contributed by atoms with Gasteiger partial charge in [0.15, 0.2) is 0 Å². The van der Waals surface area contributed by atoms with Gasteiger partial charge in [-0.25, -0.2) is 4.98 Å². The molecule has 0 bridgehead atoms. The second-order valence-corrected chi connectivity index (χ2v) is 3.88. The van der Waals surface area contributed by atoms with Crippen molar-refractivity contribution in [3.63, 3.8) is 0 Å². The smallest absolute Gasteiger partial charge is 0.106 e. The van der Waals surface area contributed by atoms with Gasteiger partial charge in [-0.1, -0.05) is 30.3 Å². The number of nitrogens with two attached hydrogens (primary N) is 1.